The molecule has 1 atom stereocenters. The number of amides is 1. The van der Waals surface area contributed by atoms with Crippen molar-refractivity contribution in [2.45, 2.75) is 25.9 Å². The molecule has 1 unspecified atom stereocenters. The highest BCUT2D eigenvalue weighted by atomic mass is 19.1. The van der Waals surface area contributed by atoms with E-state index >= 15 is 0 Å². The summed E-state index contributed by atoms with van der Waals surface area (Å²) in [5.41, 5.74) is 1.02. The van der Waals surface area contributed by atoms with Gasteiger partial charge in [-0.15, -0.1) is 5.10 Å². The second-order valence-electron chi connectivity index (χ2n) is 6.70. The Kier molecular flexibility index (Phi) is 3.73. The van der Waals surface area contributed by atoms with Gasteiger partial charge in [-0.2, -0.15) is 4.98 Å². The van der Waals surface area contributed by atoms with Gasteiger partial charge in [0, 0.05) is 17.9 Å². The SMILES string of the molecule is Cc1cc(C)n2nc(C(=O)N3CCC(O)(c4ccc(F)cc4)C3)nc2n1. The molecule has 8 heteroatoms. The molecule has 7 nitrogen and oxygen atoms in total. The molecule has 1 amide bonds. The second kappa shape index (κ2) is 5.84. The molecule has 4 rings (SSSR count). The lowest BCUT2D eigenvalue weighted by atomic mass is 9.93. The van der Waals surface area contributed by atoms with E-state index in [2.05, 4.69) is 15.1 Å². The molecular weight excluding hydrogens is 337 g/mol. The summed E-state index contributed by atoms with van der Waals surface area (Å²) < 4.78 is 14.6. The molecule has 1 saturated heterocycles. The molecule has 1 aliphatic rings. The number of rotatable bonds is 2. The van der Waals surface area contributed by atoms with Crippen LogP contribution in [0, 0.1) is 19.7 Å². The maximum Gasteiger partial charge on any atom is 0.293 e. The molecule has 1 N–H and O–H groups in total. The fraction of sp³-hybridized carbons (Fsp3) is 0.333. The Morgan fingerprint density at radius 2 is 1.96 bits per heavy atom. The van der Waals surface area contributed by atoms with Crippen LogP contribution in [0.1, 0.15) is 34.0 Å². The van der Waals surface area contributed by atoms with E-state index in [4.69, 9.17) is 0 Å². The number of halogens is 1. The number of fused-ring (bicyclic) bond motifs is 1. The molecule has 1 fully saturated rings. The van der Waals surface area contributed by atoms with Gasteiger partial charge in [0.2, 0.25) is 5.82 Å². The average Bonchev–Trinajstić information content (AvgIpc) is 3.20. The van der Waals surface area contributed by atoms with Crippen molar-refractivity contribution in [2.24, 2.45) is 0 Å². The lowest BCUT2D eigenvalue weighted by Gasteiger charge is -2.23. The largest absolute Gasteiger partial charge is 0.383 e. The van der Waals surface area contributed by atoms with Crippen LogP contribution < -0.4 is 0 Å². The van der Waals surface area contributed by atoms with Crippen molar-refractivity contribution >= 4 is 11.7 Å². The molecule has 3 heterocycles. The predicted octanol–water partition coefficient (Wildman–Crippen LogP) is 1.61. The lowest BCUT2D eigenvalue weighted by molar-refractivity contribution is 0.0413. The molecule has 0 saturated carbocycles. The molecule has 2 aromatic heterocycles. The topological polar surface area (TPSA) is 83.6 Å². The third-order valence-corrected chi connectivity index (χ3v) is 4.73. The van der Waals surface area contributed by atoms with Crippen LogP contribution in [0.2, 0.25) is 0 Å². The van der Waals surface area contributed by atoms with Gasteiger partial charge < -0.3 is 10.0 Å². The first-order chi connectivity index (χ1) is 12.4. The first kappa shape index (κ1) is 16.6. The summed E-state index contributed by atoms with van der Waals surface area (Å²) >= 11 is 0. The zero-order chi connectivity index (χ0) is 18.5. The van der Waals surface area contributed by atoms with Gasteiger partial charge in [0.15, 0.2) is 0 Å². The Morgan fingerprint density at radius 1 is 1.23 bits per heavy atom. The van der Waals surface area contributed by atoms with Crippen molar-refractivity contribution in [2.75, 3.05) is 13.1 Å². The maximum absolute atomic E-state index is 13.1. The number of β-amino-alcohol motifs (C(OH)–C–C–N with tert-alkyl or cyclic N) is 1. The van der Waals surface area contributed by atoms with Gasteiger partial charge >= 0.3 is 0 Å². The van der Waals surface area contributed by atoms with Gasteiger partial charge in [0.1, 0.15) is 11.4 Å². The summed E-state index contributed by atoms with van der Waals surface area (Å²) in [6, 6.07) is 7.56. The van der Waals surface area contributed by atoms with E-state index in [-0.39, 0.29) is 24.1 Å². The molecule has 1 aliphatic heterocycles. The number of carbonyl (C=O) groups is 1. The number of aromatic nitrogens is 4. The molecule has 26 heavy (non-hydrogen) atoms. The van der Waals surface area contributed by atoms with Crippen molar-refractivity contribution in [3.63, 3.8) is 0 Å². The molecule has 0 bridgehead atoms. The smallest absolute Gasteiger partial charge is 0.293 e. The van der Waals surface area contributed by atoms with Crippen molar-refractivity contribution in [3.8, 4) is 0 Å². The Hall–Kier alpha value is -2.87. The number of hydrogen-bond acceptors (Lipinski definition) is 5. The zero-order valence-corrected chi connectivity index (χ0v) is 14.5. The summed E-state index contributed by atoms with van der Waals surface area (Å²) in [7, 11) is 0. The van der Waals surface area contributed by atoms with E-state index in [0.29, 0.717) is 24.3 Å². The maximum atomic E-state index is 13.1. The fourth-order valence-electron chi connectivity index (χ4n) is 3.36. The van der Waals surface area contributed by atoms with Crippen LogP contribution in [-0.2, 0) is 5.60 Å². The summed E-state index contributed by atoms with van der Waals surface area (Å²) in [6.45, 7) is 4.20. The summed E-state index contributed by atoms with van der Waals surface area (Å²) in [5, 5.41) is 15.1. The molecule has 0 spiro atoms. The van der Waals surface area contributed by atoms with Gasteiger partial charge in [0.25, 0.3) is 11.7 Å². The van der Waals surface area contributed by atoms with Crippen molar-refractivity contribution in [1.82, 2.24) is 24.5 Å². The van der Waals surface area contributed by atoms with Crippen molar-refractivity contribution in [3.05, 3.63) is 58.9 Å². The molecule has 1 aromatic carbocycles. The van der Waals surface area contributed by atoms with E-state index in [1.165, 1.54) is 21.5 Å². The fourth-order valence-corrected chi connectivity index (χ4v) is 3.36. The van der Waals surface area contributed by atoms with E-state index in [1.54, 1.807) is 12.1 Å². The van der Waals surface area contributed by atoms with Crippen LogP contribution in [0.4, 0.5) is 4.39 Å². The zero-order valence-electron chi connectivity index (χ0n) is 14.5. The highest BCUT2D eigenvalue weighted by Gasteiger charge is 2.40. The summed E-state index contributed by atoms with van der Waals surface area (Å²) in [5.74, 6) is -0.297. The minimum absolute atomic E-state index is 0.0505. The Labute approximate surface area is 149 Å². The number of benzene rings is 1. The van der Waals surface area contributed by atoms with Gasteiger partial charge in [-0.25, -0.2) is 13.9 Å². The Bertz CT molecular complexity index is 1000. The van der Waals surface area contributed by atoms with Gasteiger partial charge in [-0.1, -0.05) is 12.1 Å². The third-order valence-electron chi connectivity index (χ3n) is 4.73. The quantitative estimate of drug-likeness (QED) is 0.755. The van der Waals surface area contributed by atoms with Crippen molar-refractivity contribution in [1.29, 1.82) is 0 Å². The molecule has 134 valence electrons. The number of aryl methyl sites for hydroxylation is 2. The number of nitrogens with zero attached hydrogens (tertiary/aromatic N) is 5. The van der Waals surface area contributed by atoms with Crippen LogP contribution in [0.3, 0.4) is 0 Å². The number of hydrogen-bond donors (Lipinski definition) is 1. The lowest BCUT2D eigenvalue weighted by Crippen LogP contribution is -2.35. The van der Waals surface area contributed by atoms with Crippen LogP contribution in [0.25, 0.3) is 5.78 Å². The third kappa shape index (κ3) is 2.72. The highest BCUT2D eigenvalue weighted by Crippen LogP contribution is 2.32. The number of carbonyl (C=O) groups excluding carboxylic acids is 1. The minimum Gasteiger partial charge on any atom is -0.383 e. The van der Waals surface area contributed by atoms with Crippen molar-refractivity contribution < 1.29 is 14.3 Å². The van der Waals surface area contributed by atoms with Crippen LogP contribution in [0.5, 0.6) is 0 Å². The van der Waals surface area contributed by atoms with E-state index in [1.807, 2.05) is 19.9 Å². The normalized spacial score (nSPS) is 20.1. The van der Waals surface area contributed by atoms with Crippen LogP contribution in [0.15, 0.2) is 30.3 Å². The first-order valence-electron chi connectivity index (χ1n) is 8.34. The molecule has 0 radical (unpaired) electrons. The minimum atomic E-state index is -1.20. The van der Waals surface area contributed by atoms with Gasteiger partial charge in [-0.3, -0.25) is 4.79 Å². The number of likely N-dealkylation sites (tertiary alicyclic amines) is 1. The summed E-state index contributed by atoms with van der Waals surface area (Å²) in [4.78, 5) is 22.8. The molecule has 3 aromatic rings. The number of aliphatic hydroxyl groups is 1. The monoisotopic (exact) mass is 355 g/mol. The first-order valence-corrected chi connectivity index (χ1v) is 8.34. The van der Waals surface area contributed by atoms with Gasteiger partial charge in [0.05, 0.1) is 6.54 Å². The highest BCUT2D eigenvalue weighted by molar-refractivity contribution is 5.91. The Morgan fingerprint density at radius 3 is 2.69 bits per heavy atom. The van der Waals surface area contributed by atoms with Gasteiger partial charge in [-0.05, 0) is 44.0 Å². The Balaban J connectivity index is 1.60. The molecule has 0 aliphatic carbocycles. The standard InChI is InChI=1S/C18H18FN5O2/c1-11-9-12(2)24-17(20-11)21-15(22-24)16(25)23-8-7-18(26,10-23)13-3-5-14(19)6-4-13/h3-6,9,26H,7-8,10H2,1-2H3. The predicted molar refractivity (Wildman–Crippen MR) is 91.1 cm³/mol. The van der Waals surface area contributed by atoms with E-state index in [0.717, 1.165) is 11.4 Å². The summed E-state index contributed by atoms with van der Waals surface area (Å²) in [6.07, 6.45) is 0.369. The van der Waals surface area contributed by atoms with Crippen LogP contribution >= 0.6 is 0 Å². The average molecular weight is 355 g/mol. The second-order valence-corrected chi connectivity index (χ2v) is 6.70. The van der Waals surface area contributed by atoms with E-state index in [9.17, 15) is 14.3 Å². The van der Waals surface area contributed by atoms with Crippen LogP contribution in [-0.4, -0.2) is 48.6 Å². The van der Waals surface area contributed by atoms with E-state index < -0.39 is 5.60 Å². The molecular formula is C18H18FN5O2.